The fraction of sp³-hybridized carbons (Fsp3) is 0.571. The summed E-state index contributed by atoms with van der Waals surface area (Å²) in [6.45, 7) is 7.56. The molecule has 2 fully saturated rings. The Hall–Kier alpha value is -2.21. The van der Waals surface area contributed by atoms with E-state index in [1.165, 1.54) is 10.5 Å². The highest BCUT2D eigenvalue weighted by atomic mass is 16.5. The third kappa shape index (κ3) is 4.05. The van der Waals surface area contributed by atoms with Gasteiger partial charge in [0.25, 0.3) is 5.91 Å². The standard InChI is InChI=1S/C21H28N2O4/c1-4-27-21(26)16-6-5-11-22(13-16)18-12-19(24)23(20(18)25)17-9-7-15(8-10-17)14(2)3/h7-10,14,16,18H,4-6,11-13H2,1-3H3/t16-,18+/m1/s1. The topological polar surface area (TPSA) is 66.9 Å². The molecule has 0 bridgehead atoms. The molecule has 2 saturated heterocycles. The summed E-state index contributed by atoms with van der Waals surface area (Å²) >= 11 is 0. The fourth-order valence-corrected chi connectivity index (χ4v) is 3.92. The number of imide groups is 1. The minimum absolute atomic E-state index is 0.167. The molecule has 146 valence electrons. The average molecular weight is 372 g/mol. The van der Waals surface area contributed by atoms with E-state index in [2.05, 4.69) is 13.8 Å². The van der Waals surface area contributed by atoms with Gasteiger partial charge in [-0.2, -0.15) is 0 Å². The van der Waals surface area contributed by atoms with Gasteiger partial charge >= 0.3 is 5.97 Å². The van der Waals surface area contributed by atoms with Gasteiger partial charge in [-0.25, -0.2) is 4.90 Å². The van der Waals surface area contributed by atoms with E-state index < -0.39 is 6.04 Å². The van der Waals surface area contributed by atoms with Gasteiger partial charge in [0.05, 0.1) is 30.7 Å². The van der Waals surface area contributed by atoms with Gasteiger partial charge in [0.1, 0.15) is 0 Å². The Kier molecular flexibility index (Phi) is 5.95. The lowest BCUT2D eigenvalue weighted by Crippen LogP contribution is -2.48. The van der Waals surface area contributed by atoms with Crippen molar-refractivity contribution in [1.29, 1.82) is 0 Å². The quantitative estimate of drug-likeness (QED) is 0.587. The number of carbonyl (C=O) groups excluding carboxylic acids is 3. The third-order valence-corrected chi connectivity index (χ3v) is 5.45. The van der Waals surface area contributed by atoms with Gasteiger partial charge in [0, 0.05) is 6.54 Å². The summed E-state index contributed by atoms with van der Waals surface area (Å²) < 4.78 is 5.13. The lowest BCUT2D eigenvalue weighted by atomic mass is 9.96. The van der Waals surface area contributed by atoms with Crippen LogP contribution in [-0.4, -0.2) is 48.4 Å². The Bertz CT molecular complexity index is 713. The van der Waals surface area contributed by atoms with Gasteiger partial charge in [-0.1, -0.05) is 26.0 Å². The Morgan fingerprint density at radius 3 is 2.56 bits per heavy atom. The van der Waals surface area contributed by atoms with E-state index in [0.29, 0.717) is 24.8 Å². The molecule has 6 nitrogen and oxygen atoms in total. The number of carbonyl (C=O) groups is 3. The predicted octanol–water partition coefficient (Wildman–Crippen LogP) is 2.72. The maximum atomic E-state index is 13.0. The fourth-order valence-electron chi connectivity index (χ4n) is 3.92. The summed E-state index contributed by atoms with van der Waals surface area (Å²) in [5.74, 6) is -0.409. The monoisotopic (exact) mass is 372 g/mol. The Labute approximate surface area is 160 Å². The molecule has 2 atom stereocenters. The van der Waals surface area contributed by atoms with Crippen molar-refractivity contribution in [3.8, 4) is 0 Å². The van der Waals surface area contributed by atoms with Gasteiger partial charge in [-0.05, 0) is 49.9 Å². The van der Waals surface area contributed by atoms with E-state index in [-0.39, 0.29) is 30.1 Å². The van der Waals surface area contributed by atoms with E-state index in [1.807, 2.05) is 29.2 Å². The van der Waals surface area contributed by atoms with Gasteiger partial charge in [0.15, 0.2) is 0 Å². The van der Waals surface area contributed by atoms with Crippen molar-refractivity contribution in [1.82, 2.24) is 4.90 Å². The smallest absolute Gasteiger partial charge is 0.310 e. The van der Waals surface area contributed by atoms with Crippen molar-refractivity contribution in [2.75, 3.05) is 24.6 Å². The molecule has 0 N–H and O–H groups in total. The third-order valence-electron chi connectivity index (χ3n) is 5.45. The molecule has 0 spiro atoms. The highest BCUT2D eigenvalue weighted by molar-refractivity contribution is 6.22. The molecule has 3 rings (SSSR count). The number of esters is 1. The lowest BCUT2D eigenvalue weighted by molar-refractivity contribution is -0.150. The van der Waals surface area contributed by atoms with Crippen molar-refractivity contribution >= 4 is 23.5 Å². The van der Waals surface area contributed by atoms with Crippen LogP contribution in [0.3, 0.4) is 0 Å². The number of rotatable bonds is 5. The van der Waals surface area contributed by atoms with Crippen molar-refractivity contribution in [2.24, 2.45) is 5.92 Å². The molecule has 1 aromatic rings. The van der Waals surface area contributed by atoms with Gasteiger partial charge in [-0.15, -0.1) is 0 Å². The second-order valence-electron chi connectivity index (χ2n) is 7.62. The first-order valence-electron chi connectivity index (χ1n) is 9.79. The molecule has 2 heterocycles. The molecule has 2 aliphatic rings. The summed E-state index contributed by atoms with van der Waals surface area (Å²) in [5, 5.41) is 0. The summed E-state index contributed by atoms with van der Waals surface area (Å²) in [5.41, 5.74) is 1.79. The van der Waals surface area contributed by atoms with E-state index in [1.54, 1.807) is 6.92 Å². The zero-order valence-electron chi connectivity index (χ0n) is 16.3. The van der Waals surface area contributed by atoms with Crippen LogP contribution in [0.4, 0.5) is 5.69 Å². The van der Waals surface area contributed by atoms with Crippen LogP contribution in [0.5, 0.6) is 0 Å². The molecule has 0 aromatic heterocycles. The van der Waals surface area contributed by atoms with E-state index in [0.717, 1.165) is 19.4 Å². The van der Waals surface area contributed by atoms with Gasteiger partial charge < -0.3 is 4.74 Å². The van der Waals surface area contributed by atoms with E-state index >= 15 is 0 Å². The number of benzene rings is 1. The number of anilines is 1. The highest BCUT2D eigenvalue weighted by Gasteiger charge is 2.44. The summed E-state index contributed by atoms with van der Waals surface area (Å²) in [6.07, 6.45) is 1.76. The molecular formula is C21H28N2O4. The number of nitrogens with zero attached hydrogens (tertiary/aromatic N) is 2. The second kappa shape index (κ2) is 8.21. The first-order chi connectivity index (χ1) is 12.9. The maximum absolute atomic E-state index is 13.0. The van der Waals surface area contributed by atoms with Crippen molar-refractivity contribution in [3.05, 3.63) is 29.8 Å². The summed E-state index contributed by atoms with van der Waals surface area (Å²) in [6, 6.07) is 7.12. The minimum Gasteiger partial charge on any atom is -0.466 e. The van der Waals surface area contributed by atoms with Crippen LogP contribution in [0.2, 0.25) is 0 Å². The van der Waals surface area contributed by atoms with Crippen molar-refractivity contribution < 1.29 is 19.1 Å². The normalized spacial score (nSPS) is 23.9. The molecule has 0 aliphatic carbocycles. The second-order valence-corrected chi connectivity index (χ2v) is 7.62. The number of piperidine rings is 1. The molecule has 27 heavy (non-hydrogen) atoms. The van der Waals surface area contributed by atoms with Crippen LogP contribution >= 0.6 is 0 Å². The molecular weight excluding hydrogens is 344 g/mol. The highest BCUT2D eigenvalue weighted by Crippen LogP contribution is 2.30. The molecule has 0 radical (unpaired) electrons. The van der Waals surface area contributed by atoms with Crippen molar-refractivity contribution in [3.63, 3.8) is 0 Å². The van der Waals surface area contributed by atoms with Gasteiger partial charge in [-0.3, -0.25) is 19.3 Å². The Morgan fingerprint density at radius 2 is 1.93 bits per heavy atom. The van der Waals surface area contributed by atoms with Gasteiger partial charge in [0.2, 0.25) is 5.91 Å². The van der Waals surface area contributed by atoms with Crippen LogP contribution in [0.25, 0.3) is 0 Å². The van der Waals surface area contributed by atoms with Crippen molar-refractivity contribution in [2.45, 2.75) is 52.0 Å². The van der Waals surface area contributed by atoms with Crippen LogP contribution in [0.1, 0.15) is 51.5 Å². The number of ether oxygens (including phenoxy) is 1. The number of hydrogen-bond donors (Lipinski definition) is 0. The van der Waals surface area contributed by atoms with E-state index in [9.17, 15) is 14.4 Å². The number of likely N-dealkylation sites (tertiary alicyclic amines) is 1. The number of hydrogen-bond acceptors (Lipinski definition) is 5. The zero-order valence-corrected chi connectivity index (χ0v) is 16.3. The van der Waals surface area contributed by atoms with Crippen LogP contribution in [0.15, 0.2) is 24.3 Å². The molecule has 6 heteroatoms. The predicted molar refractivity (Wildman–Crippen MR) is 102 cm³/mol. The molecule has 0 saturated carbocycles. The molecule has 0 unspecified atom stereocenters. The molecule has 2 aliphatic heterocycles. The van der Waals surface area contributed by atoms with Crippen LogP contribution in [0, 0.1) is 5.92 Å². The average Bonchev–Trinajstić information content (AvgIpc) is 2.96. The van der Waals surface area contributed by atoms with Crippen LogP contribution < -0.4 is 4.90 Å². The summed E-state index contributed by atoms with van der Waals surface area (Å²) in [7, 11) is 0. The largest absolute Gasteiger partial charge is 0.466 e. The Balaban J connectivity index is 1.72. The van der Waals surface area contributed by atoms with E-state index in [4.69, 9.17) is 4.74 Å². The summed E-state index contributed by atoms with van der Waals surface area (Å²) in [4.78, 5) is 40.9. The first kappa shape index (κ1) is 19.5. The molecule has 1 aromatic carbocycles. The molecule has 2 amide bonds. The van der Waals surface area contributed by atoms with Crippen LogP contribution in [-0.2, 0) is 19.1 Å². The first-order valence-corrected chi connectivity index (χ1v) is 9.79. The Morgan fingerprint density at radius 1 is 1.22 bits per heavy atom. The minimum atomic E-state index is -0.487. The number of amides is 2. The maximum Gasteiger partial charge on any atom is 0.310 e. The zero-order chi connectivity index (χ0) is 19.6. The lowest BCUT2D eigenvalue weighted by Gasteiger charge is -2.34. The SMILES string of the molecule is CCOC(=O)[C@@H]1CCCN([C@H]2CC(=O)N(c3ccc(C(C)C)cc3)C2=O)C1.